The number of alkyl halides is 3. The number of nitrogens with zero attached hydrogens (tertiary/aromatic N) is 6. The lowest BCUT2D eigenvalue weighted by Gasteiger charge is -2.57. The summed E-state index contributed by atoms with van der Waals surface area (Å²) in [7, 11) is 0. The van der Waals surface area contributed by atoms with E-state index in [0.717, 1.165) is 31.9 Å². The summed E-state index contributed by atoms with van der Waals surface area (Å²) in [4.78, 5) is 36.5. The van der Waals surface area contributed by atoms with E-state index in [9.17, 15) is 22.4 Å². The Kier molecular flexibility index (Phi) is 5.43. The van der Waals surface area contributed by atoms with Crippen LogP contribution >= 0.6 is 0 Å². The van der Waals surface area contributed by atoms with E-state index in [0.29, 0.717) is 22.3 Å². The molecule has 2 saturated heterocycles. The van der Waals surface area contributed by atoms with Gasteiger partial charge in [0.15, 0.2) is 17.3 Å². The van der Waals surface area contributed by atoms with Crippen molar-refractivity contribution in [1.29, 1.82) is 0 Å². The molecule has 0 saturated carbocycles. The van der Waals surface area contributed by atoms with Crippen molar-refractivity contribution < 1.29 is 27.5 Å². The van der Waals surface area contributed by atoms with Gasteiger partial charge in [-0.1, -0.05) is 0 Å². The van der Waals surface area contributed by atoms with Crippen molar-refractivity contribution in [1.82, 2.24) is 29.1 Å². The van der Waals surface area contributed by atoms with Crippen LogP contribution in [-0.2, 0) is 4.79 Å². The molecule has 6 rings (SSSR count). The van der Waals surface area contributed by atoms with Crippen molar-refractivity contribution in [3.63, 3.8) is 0 Å². The molecule has 0 aromatic carbocycles. The smallest absolute Gasteiger partial charge is 0.475 e. The van der Waals surface area contributed by atoms with Crippen molar-refractivity contribution in [3.05, 3.63) is 58.8 Å². The zero-order valence-electron chi connectivity index (χ0n) is 18.8. The van der Waals surface area contributed by atoms with Gasteiger partial charge in [0.25, 0.3) is 0 Å². The second-order valence-electron chi connectivity index (χ2n) is 8.90. The highest BCUT2D eigenvalue weighted by atomic mass is 19.4. The van der Waals surface area contributed by atoms with Crippen LogP contribution in [0.1, 0.15) is 5.69 Å². The van der Waals surface area contributed by atoms with Gasteiger partial charge < -0.3 is 19.7 Å². The van der Waals surface area contributed by atoms with Crippen LogP contribution in [0.4, 0.5) is 23.2 Å². The number of carboxylic acids is 1. The SMILES string of the molecule is Cc1cn2cc(-c3nc(=O)n4cc(N5CC6(CNC6)C5)ccc4n3)cc(F)c2n1.O=C(O)C(F)(F)F. The van der Waals surface area contributed by atoms with Crippen LogP contribution in [0.25, 0.3) is 22.7 Å². The summed E-state index contributed by atoms with van der Waals surface area (Å²) >= 11 is 0. The average molecular weight is 505 g/mol. The summed E-state index contributed by atoms with van der Waals surface area (Å²) in [5, 5.41) is 10.4. The second-order valence-corrected chi connectivity index (χ2v) is 8.90. The molecule has 2 aliphatic rings. The summed E-state index contributed by atoms with van der Waals surface area (Å²) in [6.07, 6.45) is 0.104. The standard InChI is InChI=1S/C20H18FN7O.C2HF3O2/c1-12-5-26-6-13(4-15(21)18(26)23-12)17-24-16-3-2-14(7-28(16)19(29)25-17)27-10-20(11-27)8-22-9-20;3-2(4,5)1(6)7/h2-7,22H,8-11H2,1H3;(H,6,7). The number of anilines is 1. The van der Waals surface area contributed by atoms with Gasteiger partial charge in [-0.25, -0.2) is 28.3 Å². The van der Waals surface area contributed by atoms with Gasteiger partial charge in [0.2, 0.25) is 0 Å². The maximum absolute atomic E-state index is 14.4. The van der Waals surface area contributed by atoms with Gasteiger partial charge >= 0.3 is 17.8 Å². The fraction of sp³-hybridized carbons (Fsp3) is 0.318. The molecule has 10 nitrogen and oxygen atoms in total. The molecule has 1 spiro atoms. The van der Waals surface area contributed by atoms with Crippen LogP contribution in [0.2, 0.25) is 0 Å². The number of aryl methyl sites for hydroxylation is 1. The number of halogens is 4. The summed E-state index contributed by atoms with van der Waals surface area (Å²) in [5.41, 5.74) is 2.80. The number of pyridine rings is 2. The number of fused-ring (bicyclic) bond motifs is 2. The maximum Gasteiger partial charge on any atom is 0.490 e. The predicted octanol–water partition coefficient (Wildman–Crippen LogP) is 1.89. The third kappa shape index (κ3) is 4.23. The van der Waals surface area contributed by atoms with Crippen molar-refractivity contribution >= 4 is 23.0 Å². The Morgan fingerprint density at radius 2 is 1.81 bits per heavy atom. The summed E-state index contributed by atoms with van der Waals surface area (Å²) in [5.74, 6) is -3.04. The summed E-state index contributed by atoms with van der Waals surface area (Å²) in [6.45, 7) is 5.89. The number of hydrogen-bond donors (Lipinski definition) is 2. The first kappa shape index (κ1) is 23.7. The van der Waals surface area contributed by atoms with Crippen molar-refractivity contribution in [2.24, 2.45) is 5.41 Å². The molecule has 0 atom stereocenters. The fourth-order valence-electron chi connectivity index (χ4n) is 4.27. The summed E-state index contributed by atoms with van der Waals surface area (Å²) in [6, 6.07) is 5.09. The van der Waals surface area contributed by atoms with E-state index >= 15 is 0 Å². The molecule has 14 heteroatoms. The van der Waals surface area contributed by atoms with Gasteiger partial charge in [-0.05, 0) is 25.1 Å². The van der Waals surface area contributed by atoms with Crippen LogP contribution < -0.4 is 15.9 Å². The Hall–Kier alpha value is -4.07. The summed E-state index contributed by atoms with van der Waals surface area (Å²) < 4.78 is 49.2. The molecule has 0 aliphatic carbocycles. The van der Waals surface area contributed by atoms with Gasteiger partial charge in [0, 0.05) is 55.7 Å². The number of aliphatic carboxylic acids is 1. The molecule has 4 aromatic heterocycles. The molecule has 0 amide bonds. The van der Waals surface area contributed by atoms with Gasteiger partial charge in [-0.15, -0.1) is 0 Å². The number of nitrogens with one attached hydrogen (secondary N) is 1. The molecule has 2 N–H and O–H groups in total. The molecule has 0 unspecified atom stereocenters. The number of imidazole rings is 1. The zero-order valence-corrected chi connectivity index (χ0v) is 18.8. The minimum Gasteiger partial charge on any atom is -0.475 e. The Labute approximate surface area is 199 Å². The first-order valence-electron chi connectivity index (χ1n) is 10.8. The van der Waals surface area contributed by atoms with Crippen LogP contribution in [0.5, 0.6) is 0 Å². The van der Waals surface area contributed by atoms with E-state index in [2.05, 4.69) is 25.2 Å². The molecular formula is C22H19F4N7O3. The van der Waals surface area contributed by atoms with E-state index in [1.165, 1.54) is 10.5 Å². The molecule has 2 fully saturated rings. The molecule has 36 heavy (non-hydrogen) atoms. The highest BCUT2D eigenvalue weighted by Gasteiger charge is 2.47. The lowest BCUT2D eigenvalue weighted by molar-refractivity contribution is -0.192. The molecule has 2 aliphatic heterocycles. The monoisotopic (exact) mass is 505 g/mol. The molecule has 0 radical (unpaired) electrons. The van der Waals surface area contributed by atoms with Crippen LogP contribution in [0, 0.1) is 18.2 Å². The first-order valence-corrected chi connectivity index (χ1v) is 10.8. The molecule has 6 heterocycles. The van der Waals surface area contributed by atoms with E-state index in [4.69, 9.17) is 9.90 Å². The van der Waals surface area contributed by atoms with E-state index in [1.807, 2.05) is 12.1 Å². The minimum absolute atomic E-state index is 0.193. The Morgan fingerprint density at radius 3 is 2.42 bits per heavy atom. The number of rotatable bonds is 2. The Morgan fingerprint density at radius 1 is 1.11 bits per heavy atom. The number of carboxylic acid groups (broad SMARTS) is 1. The highest BCUT2D eigenvalue weighted by Crippen LogP contribution is 2.37. The third-order valence-electron chi connectivity index (χ3n) is 6.08. The van der Waals surface area contributed by atoms with Gasteiger partial charge in [0.05, 0.1) is 11.4 Å². The second kappa shape index (κ2) is 8.26. The lowest BCUT2D eigenvalue weighted by atomic mass is 9.74. The zero-order chi connectivity index (χ0) is 25.8. The predicted molar refractivity (Wildman–Crippen MR) is 119 cm³/mol. The maximum atomic E-state index is 14.4. The van der Waals surface area contributed by atoms with E-state index in [-0.39, 0.29) is 11.5 Å². The molecule has 0 bridgehead atoms. The highest BCUT2D eigenvalue weighted by molar-refractivity contribution is 5.73. The van der Waals surface area contributed by atoms with Gasteiger partial charge in [-0.2, -0.15) is 18.2 Å². The first-order chi connectivity index (χ1) is 16.9. The van der Waals surface area contributed by atoms with Crippen molar-refractivity contribution in [2.75, 3.05) is 31.1 Å². The van der Waals surface area contributed by atoms with E-state index < -0.39 is 23.7 Å². The average Bonchev–Trinajstić information content (AvgIpc) is 3.12. The number of carbonyl (C=O) groups is 1. The Balaban J connectivity index is 0.000000338. The van der Waals surface area contributed by atoms with Crippen molar-refractivity contribution in [2.45, 2.75) is 13.1 Å². The van der Waals surface area contributed by atoms with Gasteiger partial charge in [-0.3, -0.25) is 0 Å². The molecular weight excluding hydrogens is 486 g/mol. The largest absolute Gasteiger partial charge is 0.490 e. The van der Waals surface area contributed by atoms with Crippen LogP contribution in [0.3, 0.4) is 0 Å². The van der Waals surface area contributed by atoms with Crippen molar-refractivity contribution in [3.8, 4) is 11.4 Å². The Bertz CT molecular complexity index is 1550. The third-order valence-corrected chi connectivity index (χ3v) is 6.08. The topological polar surface area (TPSA) is 117 Å². The minimum atomic E-state index is -5.08. The number of aromatic nitrogens is 5. The van der Waals surface area contributed by atoms with E-state index in [1.54, 1.807) is 29.9 Å². The quantitative estimate of drug-likeness (QED) is 0.397. The normalized spacial score (nSPS) is 16.4. The molecule has 4 aromatic rings. The fourth-order valence-corrected chi connectivity index (χ4v) is 4.27. The van der Waals surface area contributed by atoms with Gasteiger partial charge in [0.1, 0.15) is 5.65 Å². The van der Waals surface area contributed by atoms with Crippen LogP contribution in [-0.4, -0.2) is 67.2 Å². The molecule has 188 valence electrons. The number of hydrogen-bond acceptors (Lipinski definition) is 7. The lowest BCUT2D eigenvalue weighted by Crippen LogP contribution is -2.71. The van der Waals surface area contributed by atoms with Crippen LogP contribution in [0.15, 0.2) is 41.6 Å².